The number of amides is 2. The van der Waals surface area contributed by atoms with E-state index in [1.54, 1.807) is 4.90 Å². The smallest absolute Gasteiger partial charge is 0.271 e. The highest BCUT2D eigenvalue weighted by atomic mass is 16.7. The van der Waals surface area contributed by atoms with Crippen LogP contribution in [-0.2, 0) is 17.9 Å². The standard InChI is InChI=1S/C28H29N3O4/c1-28(27(33)29-21-9-5-6-10-21)17-30-22(20-7-3-2-4-8-20)12-13-23(30)26(32)31(28)16-19-11-14-24-25(15-19)35-18-34-24/h2-4,7-8,11-15,21H,5-6,9-10,16-18H2,1H3,(H,29,33)/t28-/m1/s1. The summed E-state index contributed by atoms with van der Waals surface area (Å²) in [7, 11) is 0. The molecule has 1 saturated carbocycles. The molecule has 0 spiro atoms. The van der Waals surface area contributed by atoms with Crippen molar-refractivity contribution in [2.45, 2.75) is 57.3 Å². The maximum Gasteiger partial charge on any atom is 0.271 e. The topological polar surface area (TPSA) is 72.8 Å². The first-order valence-corrected chi connectivity index (χ1v) is 12.3. The van der Waals surface area contributed by atoms with Gasteiger partial charge in [-0.25, -0.2) is 0 Å². The number of nitrogens with zero attached hydrogens (tertiary/aromatic N) is 2. The number of benzene rings is 2. The van der Waals surface area contributed by atoms with E-state index in [1.807, 2.05) is 72.2 Å². The summed E-state index contributed by atoms with van der Waals surface area (Å²) in [6.07, 6.45) is 4.23. The van der Waals surface area contributed by atoms with Gasteiger partial charge in [-0.1, -0.05) is 49.2 Å². The maximum atomic E-state index is 13.9. The van der Waals surface area contributed by atoms with Gasteiger partial charge in [-0.15, -0.1) is 0 Å². The van der Waals surface area contributed by atoms with Crippen molar-refractivity contribution in [2.75, 3.05) is 6.79 Å². The molecule has 1 aliphatic carbocycles. The molecule has 1 atom stereocenters. The number of ether oxygens (including phenoxy) is 2. The second kappa shape index (κ2) is 8.48. The zero-order valence-electron chi connectivity index (χ0n) is 19.8. The van der Waals surface area contributed by atoms with Crippen LogP contribution in [0.1, 0.15) is 48.7 Å². The maximum absolute atomic E-state index is 13.9. The molecule has 3 aliphatic rings. The van der Waals surface area contributed by atoms with E-state index in [0.717, 1.165) is 42.5 Å². The molecule has 3 aromatic rings. The van der Waals surface area contributed by atoms with Crippen LogP contribution in [0.15, 0.2) is 60.7 Å². The van der Waals surface area contributed by atoms with Crippen LogP contribution in [0.5, 0.6) is 11.5 Å². The molecule has 1 N–H and O–H groups in total. The van der Waals surface area contributed by atoms with Crippen LogP contribution >= 0.6 is 0 Å². The molecule has 7 nitrogen and oxygen atoms in total. The highest BCUT2D eigenvalue weighted by Gasteiger charge is 2.48. The van der Waals surface area contributed by atoms with Crippen molar-refractivity contribution in [3.05, 3.63) is 71.9 Å². The summed E-state index contributed by atoms with van der Waals surface area (Å²) in [5.74, 6) is 1.11. The van der Waals surface area contributed by atoms with Gasteiger partial charge in [0.25, 0.3) is 5.91 Å². The molecule has 0 saturated heterocycles. The number of rotatable bonds is 5. The zero-order valence-corrected chi connectivity index (χ0v) is 19.8. The second-order valence-corrected chi connectivity index (χ2v) is 9.86. The Kier molecular flexibility index (Phi) is 5.28. The summed E-state index contributed by atoms with van der Waals surface area (Å²) in [5, 5.41) is 3.26. The summed E-state index contributed by atoms with van der Waals surface area (Å²) in [6, 6.07) is 19.7. The quantitative estimate of drug-likeness (QED) is 0.600. The lowest BCUT2D eigenvalue weighted by atomic mass is 9.93. The van der Waals surface area contributed by atoms with Gasteiger partial charge in [-0.3, -0.25) is 9.59 Å². The third-order valence-electron chi connectivity index (χ3n) is 7.53. The minimum Gasteiger partial charge on any atom is -0.454 e. The molecular formula is C28H29N3O4. The normalized spacial score (nSPS) is 21.3. The Balaban J connectivity index is 1.39. The van der Waals surface area contributed by atoms with E-state index in [4.69, 9.17) is 9.47 Å². The van der Waals surface area contributed by atoms with Gasteiger partial charge in [0.05, 0.1) is 6.54 Å². The Morgan fingerprint density at radius 2 is 1.74 bits per heavy atom. The molecule has 3 heterocycles. The molecule has 0 bridgehead atoms. The van der Waals surface area contributed by atoms with E-state index in [0.29, 0.717) is 30.3 Å². The Labute approximate surface area is 204 Å². The van der Waals surface area contributed by atoms with E-state index in [1.165, 1.54) is 0 Å². The molecule has 7 heteroatoms. The molecule has 6 rings (SSSR count). The second-order valence-electron chi connectivity index (χ2n) is 9.86. The summed E-state index contributed by atoms with van der Waals surface area (Å²) in [4.78, 5) is 29.5. The average Bonchev–Trinajstić information content (AvgIpc) is 3.63. The number of fused-ring (bicyclic) bond motifs is 2. The predicted octanol–water partition coefficient (Wildman–Crippen LogP) is 4.36. The minimum atomic E-state index is -1.05. The molecule has 1 fully saturated rings. The van der Waals surface area contributed by atoms with Crippen LogP contribution in [0, 0.1) is 0 Å². The number of hydrogen-bond acceptors (Lipinski definition) is 4. The molecular weight excluding hydrogens is 442 g/mol. The third kappa shape index (κ3) is 3.75. The van der Waals surface area contributed by atoms with Crippen molar-refractivity contribution in [1.29, 1.82) is 0 Å². The highest BCUT2D eigenvalue weighted by molar-refractivity contribution is 6.00. The van der Waals surface area contributed by atoms with Gasteiger partial charge in [-0.05, 0) is 55.2 Å². The van der Waals surface area contributed by atoms with Gasteiger partial charge >= 0.3 is 0 Å². The van der Waals surface area contributed by atoms with Gasteiger partial charge < -0.3 is 24.3 Å². The lowest BCUT2D eigenvalue weighted by Gasteiger charge is -2.45. The van der Waals surface area contributed by atoms with E-state index < -0.39 is 5.54 Å². The van der Waals surface area contributed by atoms with Crippen molar-refractivity contribution in [3.8, 4) is 22.8 Å². The molecule has 0 unspecified atom stereocenters. The SMILES string of the molecule is C[C@]1(C(=O)NC2CCCC2)Cn2c(ccc2-c2ccccc2)C(=O)N1Cc1ccc2c(c1)OCO2. The van der Waals surface area contributed by atoms with E-state index in [2.05, 4.69) is 5.32 Å². The molecule has 2 amide bonds. The fraction of sp³-hybridized carbons (Fsp3) is 0.357. The van der Waals surface area contributed by atoms with Crippen LogP contribution in [0.4, 0.5) is 0 Å². The van der Waals surface area contributed by atoms with Gasteiger partial charge in [-0.2, -0.15) is 0 Å². The van der Waals surface area contributed by atoms with Gasteiger partial charge in [0, 0.05) is 18.3 Å². The van der Waals surface area contributed by atoms with Crippen molar-refractivity contribution in [2.24, 2.45) is 0 Å². The Bertz CT molecular complexity index is 1280. The van der Waals surface area contributed by atoms with Crippen molar-refractivity contribution in [1.82, 2.24) is 14.8 Å². The molecule has 0 radical (unpaired) electrons. The Morgan fingerprint density at radius 3 is 2.54 bits per heavy atom. The van der Waals surface area contributed by atoms with Gasteiger partial charge in [0.2, 0.25) is 12.7 Å². The monoisotopic (exact) mass is 471 g/mol. The van der Waals surface area contributed by atoms with Crippen LogP contribution < -0.4 is 14.8 Å². The van der Waals surface area contributed by atoms with E-state index >= 15 is 0 Å². The first kappa shape index (κ1) is 21.8. The molecule has 2 aliphatic heterocycles. The lowest BCUT2D eigenvalue weighted by molar-refractivity contribution is -0.133. The number of nitrogens with one attached hydrogen (secondary N) is 1. The predicted molar refractivity (Wildman–Crippen MR) is 131 cm³/mol. The van der Waals surface area contributed by atoms with Crippen LogP contribution in [0.3, 0.4) is 0 Å². The fourth-order valence-corrected chi connectivity index (χ4v) is 5.51. The number of carbonyl (C=O) groups is 2. The first-order chi connectivity index (χ1) is 17.0. The van der Waals surface area contributed by atoms with Gasteiger partial charge in [0.15, 0.2) is 11.5 Å². The molecule has 180 valence electrons. The summed E-state index contributed by atoms with van der Waals surface area (Å²) < 4.78 is 13.0. The minimum absolute atomic E-state index is 0.100. The summed E-state index contributed by atoms with van der Waals surface area (Å²) in [5.41, 5.74) is 2.40. The molecule has 2 aromatic carbocycles. The van der Waals surface area contributed by atoms with Crippen LogP contribution in [-0.4, -0.2) is 39.7 Å². The zero-order chi connectivity index (χ0) is 24.0. The largest absolute Gasteiger partial charge is 0.454 e. The number of hydrogen-bond donors (Lipinski definition) is 1. The van der Waals surface area contributed by atoms with Gasteiger partial charge in [0.1, 0.15) is 11.2 Å². The number of aromatic nitrogens is 1. The Hall–Kier alpha value is -3.74. The molecule has 1 aromatic heterocycles. The van der Waals surface area contributed by atoms with Crippen LogP contribution in [0.25, 0.3) is 11.3 Å². The van der Waals surface area contributed by atoms with E-state index in [-0.39, 0.29) is 24.6 Å². The average molecular weight is 472 g/mol. The molecule has 35 heavy (non-hydrogen) atoms. The third-order valence-corrected chi connectivity index (χ3v) is 7.53. The van der Waals surface area contributed by atoms with Crippen LogP contribution in [0.2, 0.25) is 0 Å². The highest BCUT2D eigenvalue weighted by Crippen LogP contribution is 2.37. The lowest BCUT2D eigenvalue weighted by Crippen LogP contribution is -2.64. The van der Waals surface area contributed by atoms with Crippen molar-refractivity contribution < 1.29 is 19.1 Å². The first-order valence-electron chi connectivity index (χ1n) is 12.3. The number of carbonyl (C=O) groups excluding carboxylic acids is 2. The fourth-order valence-electron chi connectivity index (χ4n) is 5.51. The van der Waals surface area contributed by atoms with Crippen molar-refractivity contribution in [3.63, 3.8) is 0 Å². The summed E-state index contributed by atoms with van der Waals surface area (Å²) in [6.45, 7) is 2.77. The summed E-state index contributed by atoms with van der Waals surface area (Å²) >= 11 is 0. The van der Waals surface area contributed by atoms with E-state index in [9.17, 15) is 9.59 Å². The Morgan fingerprint density at radius 1 is 1.00 bits per heavy atom. The van der Waals surface area contributed by atoms with Crippen molar-refractivity contribution >= 4 is 11.8 Å².